The number of furan rings is 1. The first-order valence-electron chi connectivity index (χ1n) is 7.05. The molecule has 2 rings (SSSR count). The molecule has 4 nitrogen and oxygen atoms in total. The van der Waals surface area contributed by atoms with Crippen LogP contribution in [0.3, 0.4) is 0 Å². The van der Waals surface area contributed by atoms with Gasteiger partial charge in [-0.3, -0.25) is 0 Å². The second-order valence-corrected chi connectivity index (χ2v) is 5.34. The monoisotopic (exact) mass is 287 g/mol. The molecule has 1 aromatic carbocycles. The van der Waals surface area contributed by atoms with Gasteiger partial charge in [0, 0.05) is 5.69 Å². The minimum absolute atomic E-state index is 0.0340. The number of benzene rings is 1. The number of anilines is 1. The van der Waals surface area contributed by atoms with E-state index in [1.165, 1.54) is 12.7 Å². The molecule has 0 saturated heterocycles. The molecule has 1 heterocycles. The van der Waals surface area contributed by atoms with Crippen molar-refractivity contribution in [3.63, 3.8) is 0 Å². The van der Waals surface area contributed by atoms with Gasteiger partial charge in [0.15, 0.2) is 0 Å². The highest BCUT2D eigenvalue weighted by Gasteiger charge is 2.15. The average Bonchev–Trinajstić information content (AvgIpc) is 2.97. The zero-order valence-corrected chi connectivity index (χ0v) is 12.8. The molecular weight excluding hydrogens is 266 g/mol. The first-order valence-corrected chi connectivity index (χ1v) is 7.05. The molecule has 2 aromatic rings. The van der Waals surface area contributed by atoms with Crippen LogP contribution in [-0.4, -0.2) is 13.1 Å². The van der Waals surface area contributed by atoms with Crippen LogP contribution in [0.1, 0.15) is 54.6 Å². The third kappa shape index (κ3) is 3.66. The summed E-state index contributed by atoms with van der Waals surface area (Å²) in [4.78, 5) is 11.4. The largest absolute Gasteiger partial charge is 0.463 e. The van der Waals surface area contributed by atoms with E-state index < -0.39 is 5.97 Å². The van der Waals surface area contributed by atoms with Crippen molar-refractivity contribution in [3.05, 3.63) is 53.5 Å². The fourth-order valence-corrected chi connectivity index (χ4v) is 2.08. The molecule has 0 aliphatic rings. The molecule has 0 saturated carbocycles. The summed E-state index contributed by atoms with van der Waals surface area (Å²) in [6, 6.07) is 11.7. The third-order valence-corrected chi connectivity index (χ3v) is 3.40. The molecule has 0 aliphatic heterocycles. The summed E-state index contributed by atoms with van der Waals surface area (Å²) in [7, 11) is 1.34. The Balaban J connectivity index is 2.05. The minimum atomic E-state index is -0.463. The smallest absolute Gasteiger partial charge is 0.373 e. The highest BCUT2D eigenvalue weighted by molar-refractivity contribution is 5.86. The SMILES string of the molecule is COC(=O)c1ccc(C(C)Nc2ccc(C(C)C)cc2)o1. The lowest BCUT2D eigenvalue weighted by Crippen LogP contribution is -2.06. The van der Waals surface area contributed by atoms with Crippen molar-refractivity contribution in [3.8, 4) is 0 Å². The van der Waals surface area contributed by atoms with E-state index in [2.05, 4.69) is 48.2 Å². The Bertz CT molecular complexity index is 599. The summed E-state index contributed by atoms with van der Waals surface area (Å²) in [5.74, 6) is 0.971. The Kier molecular flexibility index (Phi) is 4.68. The van der Waals surface area contributed by atoms with Gasteiger partial charge in [0.2, 0.25) is 5.76 Å². The minimum Gasteiger partial charge on any atom is -0.463 e. The Morgan fingerprint density at radius 3 is 2.33 bits per heavy atom. The van der Waals surface area contributed by atoms with Gasteiger partial charge >= 0.3 is 5.97 Å². The number of carbonyl (C=O) groups is 1. The van der Waals surface area contributed by atoms with Crippen LogP contribution in [0.25, 0.3) is 0 Å². The summed E-state index contributed by atoms with van der Waals surface area (Å²) in [5.41, 5.74) is 2.32. The maximum absolute atomic E-state index is 11.4. The maximum atomic E-state index is 11.4. The van der Waals surface area contributed by atoms with Crippen molar-refractivity contribution in [2.24, 2.45) is 0 Å². The fraction of sp³-hybridized carbons (Fsp3) is 0.353. The Morgan fingerprint density at radius 1 is 1.10 bits per heavy atom. The summed E-state index contributed by atoms with van der Waals surface area (Å²) >= 11 is 0. The normalized spacial score (nSPS) is 12.2. The number of hydrogen-bond acceptors (Lipinski definition) is 4. The van der Waals surface area contributed by atoms with Gasteiger partial charge < -0.3 is 14.5 Å². The lowest BCUT2D eigenvalue weighted by atomic mass is 10.0. The van der Waals surface area contributed by atoms with Gasteiger partial charge in [0.1, 0.15) is 5.76 Å². The van der Waals surface area contributed by atoms with Gasteiger partial charge in [-0.05, 0) is 42.7 Å². The number of carbonyl (C=O) groups excluding carboxylic acids is 1. The highest BCUT2D eigenvalue weighted by Crippen LogP contribution is 2.23. The molecule has 4 heteroatoms. The van der Waals surface area contributed by atoms with Crippen molar-refractivity contribution >= 4 is 11.7 Å². The lowest BCUT2D eigenvalue weighted by Gasteiger charge is -2.14. The van der Waals surface area contributed by atoms with Crippen LogP contribution in [0.4, 0.5) is 5.69 Å². The molecule has 1 aromatic heterocycles. The molecule has 0 amide bonds. The Morgan fingerprint density at radius 2 is 1.76 bits per heavy atom. The summed E-state index contributed by atoms with van der Waals surface area (Å²) < 4.78 is 10.1. The van der Waals surface area contributed by atoms with Crippen molar-refractivity contribution < 1.29 is 13.9 Å². The van der Waals surface area contributed by atoms with Crippen LogP contribution in [-0.2, 0) is 4.74 Å². The van der Waals surface area contributed by atoms with Crippen LogP contribution in [0.15, 0.2) is 40.8 Å². The maximum Gasteiger partial charge on any atom is 0.373 e. The summed E-state index contributed by atoms with van der Waals surface area (Å²) in [5, 5.41) is 3.35. The molecule has 21 heavy (non-hydrogen) atoms. The molecule has 1 unspecified atom stereocenters. The molecule has 1 atom stereocenters. The number of methoxy groups -OCH3 is 1. The second kappa shape index (κ2) is 6.48. The molecule has 0 spiro atoms. The van der Waals surface area contributed by atoms with Crippen LogP contribution in [0.5, 0.6) is 0 Å². The zero-order valence-electron chi connectivity index (χ0n) is 12.8. The number of ether oxygens (including phenoxy) is 1. The second-order valence-electron chi connectivity index (χ2n) is 5.34. The first kappa shape index (κ1) is 15.2. The summed E-state index contributed by atoms with van der Waals surface area (Å²) in [6.45, 7) is 6.32. The Labute approximate surface area is 125 Å². The standard InChI is InChI=1S/C17H21NO3/c1-11(2)13-5-7-14(8-6-13)18-12(3)15-9-10-16(21-15)17(19)20-4/h5-12,18H,1-4H3. The van der Waals surface area contributed by atoms with E-state index in [9.17, 15) is 4.79 Å². The van der Waals surface area contributed by atoms with Crippen LogP contribution in [0, 0.1) is 0 Å². The molecule has 112 valence electrons. The fourth-order valence-electron chi connectivity index (χ4n) is 2.08. The van der Waals surface area contributed by atoms with E-state index >= 15 is 0 Å². The lowest BCUT2D eigenvalue weighted by molar-refractivity contribution is 0.0562. The predicted octanol–water partition coefficient (Wildman–Crippen LogP) is 4.36. The third-order valence-electron chi connectivity index (χ3n) is 3.40. The van der Waals surface area contributed by atoms with Crippen LogP contribution < -0.4 is 5.32 Å². The molecule has 1 N–H and O–H groups in total. The van der Waals surface area contributed by atoms with Crippen molar-refractivity contribution in [1.29, 1.82) is 0 Å². The molecular formula is C17H21NO3. The first-order chi connectivity index (χ1) is 10.0. The predicted molar refractivity (Wildman–Crippen MR) is 82.6 cm³/mol. The van der Waals surface area contributed by atoms with E-state index in [0.29, 0.717) is 11.7 Å². The summed E-state index contributed by atoms with van der Waals surface area (Å²) in [6.07, 6.45) is 0. The van der Waals surface area contributed by atoms with E-state index in [4.69, 9.17) is 4.42 Å². The molecule has 0 radical (unpaired) electrons. The van der Waals surface area contributed by atoms with Gasteiger partial charge in [-0.2, -0.15) is 0 Å². The van der Waals surface area contributed by atoms with E-state index in [1.54, 1.807) is 12.1 Å². The molecule has 0 aliphatic carbocycles. The topological polar surface area (TPSA) is 51.5 Å². The Hall–Kier alpha value is -2.23. The van der Waals surface area contributed by atoms with Gasteiger partial charge in [-0.25, -0.2) is 4.79 Å². The van der Waals surface area contributed by atoms with Crippen LogP contribution in [0.2, 0.25) is 0 Å². The number of rotatable bonds is 5. The molecule has 0 fully saturated rings. The highest BCUT2D eigenvalue weighted by atomic mass is 16.5. The van der Waals surface area contributed by atoms with Crippen molar-refractivity contribution in [2.45, 2.75) is 32.7 Å². The van der Waals surface area contributed by atoms with Gasteiger partial charge in [0.05, 0.1) is 13.2 Å². The quantitative estimate of drug-likeness (QED) is 0.830. The zero-order chi connectivity index (χ0) is 15.4. The number of esters is 1. The number of nitrogens with one attached hydrogen (secondary N) is 1. The van der Waals surface area contributed by atoms with Gasteiger partial charge in [-0.15, -0.1) is 0 Å². The van der Waals surface area contributed by atoms with Gasteiger partial charge in [0.25, 0.3) is 0 Å². The van der Waals surface area contributed by atoms with E-state index in [-0.39, 0.29) is 11.8 Å². The van der Waals surface area contributed by atoms with E-state index in [1.807, 2.05) is 6.92 Å². The van der Waals surface area contributed by atoms with E-state index in [0.717, 1.165) is 5.69 Å². The number of hydrogen-bond donors (Lipinski definition) is 1. The average molecular weight is 287 g/mol. The van der Waals surface area contributed by atoms with Crippen LogP contribution >= 0.6 is 0 Å². The van der Waals surface area contributed by atoms with Crippen molar-refractivity contribution in [1.82, 2.24) is 0 Å². The molecule has 0 bridgehead atoms. The van der Waals surface area contributed by atoms with Gasteiger partial charge in [-0.1, -0.05) is 26.0 Å². The van der Waals surface area contributed by atoms with Crippen molar-refractivity contribution in [2.75, 3.05) is 12.4 Å².